The van der Waals surface area contributed by atoms with Crippen molar-refractivity contribution in [3.63, 3.8) is 0 Å². The average Bonchev–Trinajstić information content (AvgIpc) is 2.75. The molecule has 1 unspecified atom stereocenters. The minimum atomic E-state index is 0.750. The molecule has 0 spiro atoms. The number of hydrogen-bond donors (Lipinski definition) is 1. The molecule has 0 saturated carbocycles. The molecule has 1 aromatic carbocycles. The summed E-state index contributed by atoms with van der Waals surface area (Å²) in [5.74, 6) is 1.78. The molecule has 88 valence electrons. The number of aromatic amines is 1. The van der Waals surface area contributed by atoms with Crippen LogP contribution in [0.25, 0.3) is 16.6 Å². The van der Waals surface area contributed by atoms with E-state index in [-0.39, 0.29) is 0 Å². The van der Waals surface area contributed by atoms with Gasteiger partial charge in [-0.3, -0.25) is 0 Å². The maximum Gasteiger partial charge on any atom is 0.135 e. The molecule has 1 atom stereocenters. The first-order valence-corrected chi connectivity index (χ1v) is 6.86. The van der Waals surface area contributed by atoms with Crippen LogP contribution >= 0.6 is 15.9 Å². The molecule has 2 aromatic rings. The van der Waals surface area contributed by atoms with Crippen molar-refractivity contribution in [1.82, 2.24) is 9.97 Å². The van der Waals surface area contributed by atoms with Gasteiger partial charge in [0, 0.05) is 10.1 Å². The third-order valence-corrected chi connectivity index (χ3v) is 4.29. The van der Waals surface area contributed by atoms with Gasteiger partial charge >= 0.3 is 0 Å². The largest absolute Gasteiger partial charge is 0.338 e. The number of nitrogens with one attached hydrogen (secondary N) is 1. The zero-order valence-electron chi connectivity index (χ0n) is 9.83. The number of aromatic nitrogens is 2. The molecular weight excluding hydrogens is 276 g/mol. The zero-order valence-corrected chi connectivity index (χ0v) is 11.4. The van der Waals surface area contributed by atoms with E-state index in [4.69, 9.17) is 0 Å². The monoisotopic (exact) mass is 290 g/mol. The lowest BCUT2D eigenvalue weighted by atomic mass is 9.90. The first kappa shape index (κ1) is 11.0. The Morgan fingerprint density at radius 3 is 3.00 bits per heavy atom. The Morgan fingerprint density at radius 2 is 2.18 bits per heavy atom. The molecule has 0 radical (unpaired) electrons. The van der Waals surface area contributed by atoms with E-state index in [1.54, 1.807) is 0 Å². The SMILES string of the molecule is CC1CCC(Br)=C(c2nc3ccccc3[nH]2)C1. The molecule has 1 aliphatic rings. The third-order valence-electron chi connectivity index (χ3n) is 3.41. The molecule has 1 heterocycles. The van der Waals surface area contributed by atoms with Crippen molar-refractivity contribution in [2.75, 3.05) is 0 Å². The predicted molar refractivity (Wildman–Crippen MR) is 75.0 cm³/mol. The van der Waals surface area contributed by atoms with Gasteiger partial charge in [0.2, 0.25) is 0 Å². The lowest BCUT2D eigenvalue weighted by Gasteiger charge is -2.20. The number of halogens is 1. The highest BCUT2D eigenvalue weighted by molar-refractivity contribution is 9.11. The minimum absolute atomic E-state index is 0.750. The number of benzene rings is 1. The summed E-state index contributed by atoms with van der Waals surface area (Å²) >= 11 is 3.70. The number of fused-ring (bicyclic) bond motifs is 1. The van der Waals surface area contributed by atoms with Gasteiger partial charge in [0.1, 0.15) is 5.82 Å². The fraction of sp³-hybridized carbons (Fsp3) is 0.357. The second-order valence-electron chi connectivity index (χ2n) is 4.83. The van der Waals surface area contributed by atoms with E-state index >= 15 is 0 Å². The Bertz CT molecular complexity index is 550. The highest BCUT2D eigenvalue weighted by Crippen LogP contribution is 2.37. The maximum atomic E-state index is 4.68. The molecule has 1 aromatic heterocycles. The molecule has 0 amide bonds. The third kappa shape index (κ3) is 2.04. The number of para-hydroxylation sites is 2. The van der Waals surface area contributed by atoms with Gasteiger partial charge in [0.25, 0.3) is 0 Å². The van der Waals surface area contributed by atoms with Gasteiger partial charge in [-0.15, -0.1) is 0 Å². The van der Waals surface area contributed by atoms with Crippen molar-refractivity contribution in [3.05, 3.63) is 34.6 Å². The van der Waals surface area contributed by atoms with Crippen LogP contribution in [0.15, 0.2) is 28.7 Å². The lowest BCUT2D eigenvalue weighted by molar-refractivity contribution is 0.532. The summed E-state index contributed by atoms with van der Waals surface area (Å²) < 4.78 is 1.31. The Balaban J connectivity index is 2.08. The summed E-state index contributed by atoms with van der Waals surface area (Å²) in [4.78, 5) is 8.10. The second kappa shape index (κ2) is 4.30. The fourth-order valence-corrected chi connectivity index (χ4v) is 2.98. The Labute approximate surface area is 109 Å². The summed E-state index contributed by atoms with van der Waals surface area (Å²) in [6.07, 6.45) is 3.51. The van der Waals surface area contributed by atoms with E-state index in [9.17, 15) is 0 Å². The molecule has 0 fully saturated rings. The van der Waals surface area contributed by atoms with Crippen molar-refractivity contribution >= 4 is 32.5 Å². The van der Waals surface area contributed by atoms with Crippen LogP contribution in [0.3, 0.4) is 0 Å². The van der Waals surface area contributed by atoms with Gasteiger partial charge in [0.15, 0.2) is 0 Å². The van der Waals surface area contributed by atoms with Gasteiger partial charge in [-0.1, -0.05) is 35.0 Å². The molecule has 0 aliphatic heterocycles. The van der Waals surface area contributed by atoms with Crippen LogP contribution in [-0.4, -0.2) is 9.97 Å². The summed E-state index contributed by atoms with van der Waals surface area (Å²) in [6, 6.07) is 8.19. The Hall–Kier alpha value is -1.09. The van der Waals surface area contributed by atoms with Crippen molar-refractivity contribution in [1.29, 1.82) is 0 Å². The number of allylic oxidation sites excluding steroid dienone is 2. The van der Waals surface area contributed by atoms with Gasteiger partial charge in [-0.2, -0.15) is 0 Å². The number of hydrogen-bond acceptors (Lipinski definition) is 1. The van der Waals surface area contributed by atoms with Crippen molar-refractivity contribution in [2.24, 2.45) is 5.92 Å². The highest BCUT2D eigenvalue weighted by atomic mass is 79.9. The lowest BCUT2D eigenvalue weighted by Crippen LogP contribution is -2.05. The second-order valence-corrected chi connectivity index (χ2v) is 5.79. The van der Waals surface area contributed by atoms with Gasteiger partial charge in [-0.05, 0) is 37.3 Å². The Morgan fingerprint density at radius 1 is 1.35 bits per heavy atom. The van der Waals surface area contributed by atoms with Crippen LogP contribution < -0.4 is 0 Å². The van der Waals surface area contributed by atoms with E-state index in [1.165, 1.54) is 16.5 Å². The first-order chi connectivity index (χ1) is 8.24. The Kier molecular flexibility index (Phi) is 2.79. The van der Waals surface area contributed by atoms with Crippen LogP contribution in [0.2, 0.25) is 0 Å². The van der Waals surface area contributed by atoms with Crippen molar-refractivity contribution in [3.8, 4) is 0 Å². The average molecular weight is 291 g/mol. The zero-order chi connectivity index (χ0) is 11.8. The normalized spacial score (nSPS) is 21.2. The summed E-state index contributed by atoms with van der Waals surface area (Å²) in [6.45, 7) is 2.31. The molecule has 3 heteroatoms. The molecule has 2 nitrogen and oxygen atoms in total. The van der Waals surface area contributed by atoms with E-state index in [2.05, 4.69) is 45.0 Å². The molecule has 0 bridgehead atoms. The predicted octanol–water partition coefficient (Wildman–Crippen LogP) is 4.49. The van der Waals surface area contributed by atoms with Crippen LogP contribution in [0.1, 0.15) is 32.0 Å². The number of rotatable bonds is 1. The van der Waals surface area contributed by atoms with E-state index in [0.29, 0.717) is 0 Å². The smallest absolute Gasteiger partial charge is 0.135 e. The highest BCUT2D eigenvalue weighted by Gasteiger charge is 2.19. The summed E-state index contributed by atoms with van der Waals surface area (Å²) in [5.41, 5.74) is 3.52. The number of H-pyrrole nitrogens is 1. The molecule has 1 aliphatic carbocycles. The van der Waals surface area contributed by atoms with Gasteiger partial charge in [-0.25, -0.2) is 4.98 Å². The number of nitrogens with zero attached hydrogens (tertiary/aromatic N) is 1. The topological polar surface area (TPSA) is 28.7 Å². The fourth-order valence-electron chi connectivity index (χ4n) is 2.41. The van der Waals surface area contributed by atoms with Crippen molar-refractivity contribution in [2.45, 2.75) is 26.2 Å². The molecular formula is C14H15BrN2. The minimum Gasteiger partial charge on any atom is -0.338 e. The van der Waals surface area contributed by atoms with Crippen LogP contribution in [-0.2, 0) is 0 Å². The van der Waals surface area contributed by atoms with Crippen LogP contribution in [0.4, 0.5) is 0 Å². The summed E-state index contributed by atoms with van der Waals surface area (Å²) in [7, 11) is 0. The molecule has 3 rings (SSSR count). The molecule has 0 saturated heterocycles. The van der Waals surface area contributed by atoms with E-state index in [0.717, 1.165) is 35.6 Å². The quantitative estimate of drug-likeness (QED) is 0.824. The van der Waals surface area contributed by atoms with Gasteiger partial charge < -0.3 is 4.98 Å². The van der Waals surface area contributed by atoms with Gasteiger partial charge in [0.05, 0.1) is 11.0 Å². The summed E-state index contributed by atoms with van der Waals surface area (Å²) in [5, 5.41) is 0. The number of imidazole rings is 1. The van der Waals surface area contributed by atoms with E-state index < -0.39 is 0 Å². The standard InChI is InChI=1S/C14H15BrN2/c1-9-6-7-11(15)10(8-9)14-16-12-4-2-3-5-13(12)17-14/h2-5,9H,6-8H2,1H3,(H,16,17). The van der Waals surface area contributed by atoms with Crippen LogP contribution in [0.5, 0.6) is 0 Å². The first-order valence-electron chi connectivity index (χ1n) is 6.06. The van der Waals surface area contributed by atoms with Crippen LogP contribution in [0, 0.1) is 5.92 Å². The van der Waals surface area contributed by atoms with E-state index in [1.807, 2.05) is 12.1 Å². The van der Waals surface area contributed by atoms with Crippen molar-refractivity contribution < 1.29 is 0 Å². The molecule has 1 N–H and O–H groups in total. The molecule has 17 heavy (non-hydrogen) atoms. The maximum absolute atomic E-state index is 4.68.